The predicted molar refractivity (Wildman–Crippen MR) is 88.1 cm³/mol. The highest BCUT2D eigenvalue weighted by molar-refractivity contribution is 7.98. The van der Waals surface area contributed by atoms with Gasteiger partial charge in [0.15, 0.2) is 0 Å². The summed E-state index contributed by atoms with van der Waals surface area (Å²) < 4.78 is 0. The fraction of sp³-hybridized carbons (Fsp3) is 0.667. The van der Waals surface area contributed by atoms with Crippen molar-refractivity contribution in [3.63, 3.8) is 0 Å². The lowest BCUT2D eigenvalue weighted by Gasteiger charge is -2.14. The van der Waals surface area contributed by atoms with Crippen LogP contribution in [-0.2, 0) is 0 Å². The van der Waals surface area contributed by atoms with Crippen LogP contribution in [0, 0.1) is 6.92 Å². The average molecular weight is 310 g/mol. The number of nitrogens with zero attached hydrogens (tertiary/aromatic N) is 3. The van der Waals surface area contributed by atoms with Crippen LogP contribution in [0.3, 0.4) is 0 Å². The van der Waals surface area contributed by atoms with E-state index >= 15 is 0 Å². The molecular formula is C15H26N4OS. The molecule has 0 fully saturated rings. The molecule has 1 aromatic heterocycles. The lowest BCUT2D eigenvalue weighted by molar-refractivity contribution is 0.0947. The molecule has 0 radical (unpaired) electrons. The van der Waals surface area contributed by atoms with Crippen molar-refractivity contribution in [2.24, 2.45) is 0 Å². The third-order valence-corrected chi connectivity index (χ3v) is 3.76. The van der Waals surface area contributed by atoms with Crippen molar-refractivity contribution in [2.45, 2.75) is 38.1 Å². The van der Waals surface area contributed by atoms with Gasteiger partial charge in [-0.15, -0.1) is 11.8 Å². The molecular weight excluding hydrogens is 284 g/mol. The van der Waals surface area contributed by atoms with Crippen LogP contribution in [0.15, 0.2) is 5.03 Å². The minimum Gasteiger partial charge on any atom is -0.352 e. The van der Waals surface area contributed by atoms with E-state index in [0.29, 0.717) is 12.1 Å². The Morgan fingerprint density at radius 3 is 2.52 bits per heavy atom. The van der Waals surface area contributed by atoms with Crippen LogP contribution in [0.1, 0.15) is 48.1 Å². The van der Waals surface area contributed by atoms with Crippen LogP contribution in [-0.4, -0.2) is 54.2 Å². The first kappa shape index (κ1) is 17.9. The molecule has 1 amide bonds. The largest absolute Gasteiger partial charge is 0.352 e. The van der Waals surface area contributed by atoms with E-state index in [1.807, 2.05) is 27.3 Å². The first-order valence-electron chi connectivity index (χ1n) is 7.22. The van der Waals surface area contributed by atoms with Gasteiger partial charge < -0.3 is 10.2 Å². The van der Waals surface area contributed by atoms with Crippen molar-refractivity contribution < 1.29 is 4.79 Å². The van der Waals surface area contributed by atoms with Gasteiger partial charge in [-0.25, -0.2) is 9.97 Å². The maximum Gasteiger partial charge on any atom is 0.255 e. The fourth-order valence-corrected chi connectivity index (χ4v) is 2.55. The van der Waals surface area contributed by atoms with Gasteiger partial charge >= 0.3 is 0 Å². The molecule has 118 valence electrons. The molecule has 0 atom stereocenters. The number of hydrogen-bond donors (Lipinski definition) is 1. The molecule has 0 saturated heterocycles. The highest BCUT2D eigenvalue weighted by atomic mass is 32.2. The number of thioether (sulfide) groups is 1. The molecule has 0 spiro atoms. The Labute approximate surface area is 131 Å². The Morgan fingerprint density at radius 2 is 2.00 bits per heavy atom. The number of nitrogens with one attached hydrogen (secondary N) is 1. The molecule has 21 heavy (non-hydrogen) atoms. The van der Waals surface area contributed by atoms with Crippen LogP contribution >= 0.6 is 11.8 Å². The molecule has 5 nitrogen and oxygen atoms in total. The second-order valence-corrected chi connectivity index (χ2v) is 6.41. The van der Waals surface area contributed by atoms with Crippen molar-refractivity contribution in [3.05, 3.63) is 17.1 Å². The summed E-state index contributed by atoms with van der Waals surface area (Å²) in [5.74, 6) is 0.971. The van der Waals surface area contributed by atoms with Crippen LogP contribution in [0.4, 0.5) is 0 Å². The van der Waals surface area contributed by atoms with Crippen molar-refractivity contribution in [1.82, 2.24) is 20.2 Å². The molecule has 0 unspecified atom stereocenters. The molecule has 1 N–H and O–H groups in total. The van der Waals surface area contributed by atoms with Gasteiger partial charge in [-0.2, -0.15) is 0 Å². The monoisotopic (exact) mass is 310 g/mol. The number of amides is 1. The predicted octanol–water partition coefficient (Wildman–Crippen LogP) is 2.31. The van der Waals surface area contributed by atoms with Crippen LogP contribution in [0.5, 0.6) is 0 Å². The lowest BCUT2D eigenvalue weighted by atomic mass is 10.1. The summed E-state index contributed by atoms with van der Waals surface area (Å²) in [4.78, 5) is 23.4. The van der Waals surface area contributed by atoms with E-state index in [1.165, 1.54) is 11.8 Å². The maximum absolute atomic E-state index is 12.4. The van der Waals surface area contributed by atoms with E-state index in [1.54, 1.807) is 0 Å². The Hall–Kier alpha value is -1.14. The van der Waals surface area contributed by atoms with Crippen molar-refractivity contribution in [3.8, 4) is 0 Å². The lowest BCUT2D eigenvalue weighted by Crippen LogP contribution is -2.29. The van der Waals surface area contributed by atoms with Crippen LogP contribution in [0.2, 0.25) is 0 Å². The number of rotatable bonds is 7. The summed E-state index contributed by atoms with van der Waals surface area (Å²) in [5.41, 5.74) is 1.36. The van der Waals surface area contributed by atoms with Gasteiger partial charge in [0.1, 0.15) is 10.9 Å². The standard InChI is InChI=1S/C15H26N4OS/c1-10(2)13-17-11(3)12(15(18-13)21-6)14(20)16-8-7-9-19(4)5/h10H,7-9H2,1-6H3,(H,16,20). The van der Waals surface area contributed by atoms with Crippen molar-refractivity contribution in [1.29, 1.82) is 0 Å². The number of carbonyl (C=O) groups is 1. The molecule has 0 aliphatic carbocycles. The van der Waals surface area contributed by atoms with E-state index < -0.39 is 0 Å². The first-order chi connectivity index (χ1) is 9.86. The minimum absolute atomic E-state index is 0.0779. The Bertz CT molecular complexity index is 489. The summed E-state index contributed by atoms with van der Waals surface area (Å²) in [6, 6.07) is 0. The molecule has 6 heteroatoms. The highest BCUT2D eigenvalue weighted by Gasteiger charge is 2.18. The summed E-state index contributed by atoms with van der Waals surface area (Å²) in [6.45, 7) is 7.61. The topological polar surface area (TPSA) is 58.1 Å². The number of hydrogen-bond acceptors (Lipinski definition) is 5. The smallest absolute Gasteiger partial charge is 0.255 e. The molecule has 0 aromatic carbocycles. The van der Waals surface area contributed by atoms with Crippen molar-refractivity contribution in [2.75, 3.05) is 33.4 Å². The zero-order valence-corrected chi connectivity index (χ0v) is 14.7. The number of aromatic nitrogens is 2. The Morgan fingerprint density at radius 1 is 1.33 bits per heavy atom. The normalized spacial score (nSPS) is 11.2. The molecule has 0 saturated carbocycles. The number of aryl methyl sites for hydroxylation is 1. The molecule has 1 aromatic rings. The second kappa shape index (κ2) is 8.34. The van der Waals surface area contributed by atoms with Gasteiger partial charge in [0.05, 0.1) is 11.3 Å². The van der Waals surface area contributed by atoms with E-state index in [0.717, 1.165) is 29.5 Å². The third kappa shape index (κ3) is 5.28. The van der Waals surface area contributed by atoms with Gasteiger partial charge in [-0.1, -0.05) is 13.8 Å². The zero-order chi connectivity index (χ0) is 16.0. The first-order valence-corrected chi connectivity index (χ1v) is 8.44. The maximum atomic E-state index is 12.4. The van der Waals surface area contributed by atoms with Crippen LogP contribution in [0.25, 0.3) is 0 Å². The molecule has 0 aliphatic heterocycles. The Balaban J connectivity index is 2.83. The number of carbonyl (C=O) groups excluding carboxylic acids is 1. The van der Waals surface area contributed by atoms with Gasteiger partial charge in [0, 0.05) is 12.5 Å². The van der Waals surface area contributed by atoms with Gasteiger partial charge in [0.25, 0.3) is 5.91 Å². The third-order valence-electron chi connectivity index (χ3n) is 3.08. The van der Waals surface area contributed by atoms with Crippen molar-refractivity contribution >= 4 is 17.7 Å². The average Bonchev–Trinajstić information content (AvgIpc) is 2.41. The molecule has 1 heterocycles. The fourth-order valence-electron chi connectivity index (χ4n) is 1.92. The van der Waals surface area contributed by atoms with Crippen LogP contribution < -0.4 is 5.32 Å². The summed E-state index contributed by atoms with van der Waals surface area (Å²) >= 11 is 1.49. The van der Waals surface area contributed by atoms with Gasteiger partial charge in [-0.3, -0.25) is 4.79 Å². The second-order valence-electron chi connectivity index (χ2n) is 5.62. The minimum atomic E-state index is -0.0779. The van der Waals surface area contributed by atoms with E-state index in [9.17, 15) is 4.79 Å². The zero-order valence-electron chi connectivity index (χ0n) is 13.9. The summed E-state index contributed by atoms with van der Waals surface area (Å²) in [5, 5.41) is 3.72. The SMILES string of the molecule is CSc1nc(C(C)C)nc(C)c1C(=O)NCCCN(C)C. The summed E-state index contributed by atoms with van der Waals surface area (Å²) in [7, 11) is 4.05. The van der Waals surface area contributed by atoms with E-state index in [-0.39, 0.29) is 11.8 Å². The summed E-state index contributed by atoms with van der Waals surface area (Å²) in [6.07, 6.45) is 2.87. The molecule has 0 aliphatic rings. The van der Waals surface area contributed by atoms with E-state index in [4.69, 9.17) is 0 Å². The molecule has 0 bridgehead atoms. The van der Waals surface area contributed by atoms with Gasteiger partial charge in [0.2, 0.25) is 0 Å². The molecule has 1 rings (SSSR count). The quantitative estimate of drug-likeness (QED) is 0.476. The van der Waals surface area contributed by atoms with Gasteiger partial charge in [-0.05, 0) is 40.2 Å². The Kier molecular flexibility index (Phi) is 7.11. The highest BCUT2D eigenvalue weighted by Crippen LogP contribution is 2.22. The van der Waals surface area contributed by atoms with E-state index in [2.05, 4.69) is 34.0 Å².